The van der Waals surface area contributed by atoms with Gasteiger partial charge in [-0.1, -0.05) is 0 Å². The molecule has 0 bridgehead atoms. The molecule has 1 fully saturated rings. The van der Waals surface area contributed by atoms with Gasteiger partial charge in [0.05, 0.1) is 26.9 Å². The van der Waals surface area contributed by atoms with Crippen LogP contribution in [0.2, 0.25) is 0 Å². The van der Waals surface area contributed by atoms with Gasteiger partial charge in [0.25, 0.3) is 0 Å². The molecule has 0 radical (unpaired) electrons. The second kappa shape index (κ2) is 11.6. The fourth-order valence-electron chi connectivity index (χ4n) is 2.68. The summed E-state index contributed by atoms with van der Waals surface area (Å²) >= 11 is 0. The Morgan fingerprint density at radius 2 is 2.23 bits per heavy atom. The van der Waals surface area contributed by atoms with Crippen molar-refractivity contribution in [3.63, 3.8) is 0 Å². The maximum Gasteiger partial charge on any atom is 0.195 e. The number of methoxy groups -OCH3 is 1. The number of nitrogens with zero attached hydrogens (tertiary/aromatic N) is 1. The number of ether oxygens (including phenoxy) is 4. The van der Waals surface area contributed by atoms with Crippen LogP contribution in [0.5, 0.6) is 11.5 Å². The molecule has 1 aliphatic rings. The minimum Gasteiger partial charge on any atom is -0.493 e. The van der Waals surface area contributed by atoms with Gasteiger partial charge >= 0.3 is 0 Å². The van der Waals surface area contributed by atoms with Gasteiger partial charge in [0.1, 0.15) is 0 Å². The summed E-state index contributed by atoms with van der Waals surface area (Å²) in [5, 5.41) is 6.54. The summed E-state index contributed by atoms with van der Waals surface area (Å²) < 4.78 is 22.0. The largest absolute Gasteiger partial charge is 0.493 e. The first-order valence-electron chi connectivity index (χ1n) is 9.20. The second-order valence-corrected chi connectivity index (χ2v) is 6.08. The fourth-order valence-corrected chi connectivity index (χ4v) is 2.68. The lowest BCUT2D eigenvalue weighted by Gasteiger charge is -2.15. The van der Waals surface area contributed by atoms with Crippen molar-refractivity contribution in [2.45, 2.75) is 19.8 Å². The van der Waals surface area contributed by atoms with Crippen LogP contribution >= 0.6 is 0 Å². The summed E-state index contributed by atoms with van der Waals surface area (Å²) in [6.07, 6.45) is 2.03. The average molecular weight is 365 g/mol. The Morgan fingerprint density at radius 1 is 1.35 bits per heavy atom. The van der Waals surface area contributed by atoms with Crippen LogP contribution in [0, 0.1) is 5.92 Å². The predicted molar refractivity (Wildman–Crippen MR) is 104 cm³/mol. The van der Waals surface area contributed by atoms with E-state index in [0.29, 0.717) is 24.2 Å². The van der Waals surface area contributed by atoms with E-state index in [1.54, 1.807) is 14.2 Å². The van der Waals surface area contributed by atoms with Crippen LogP contribution in [-0.2, 0) is 9.47 Å². The molecule has 1 heterocycles. The van der Waals surface area contributed by atoms with Crippen LogP contribution in [0.1, 0.15) is 19.8 Å². The van der Waals surface area contributed by atoms with Gasteiger partial charge < -0.3 is 29.6 Å². The SMILES string of the molecule is CCOc1ccc(NC(=NC)NCCCOCC2CCOC2)cc1OC. The smallest absolute Gasteiger partial charge is 0.195 e. The normalized spacial score (nSPS) is 17.2. The molecule has 7 heteroatoms. The van der Waals surface area contributed by atoms with E-state index in [1.807, 2.05) is 25.1 Å². The van der Waals surface area contributed by atoms with E-state index in [1.165, 1.54) is 0 Å². The standard InChI is InChI=1S/C19H31N3O4/c1-4-26-17-7-6-16(12-18(17)23-3)22-19(20-2)21-9-5-10-24-13-15-8-11-25-14-15/h6-7,12,15H,4-5,8-11,13-14H2,1-3H3,(H2,20,21,22). The zero-order chi connectivity index (χ0) is 18.6. The molecule has 2 N–H and O–H groups in total. The van der Waals surface area contributed by atoms with Crippen molar-refractivity contribution in [2.75, 3.05) is 59.1 Å². The van der Waals surface area contributed by atoms with Crippen molar-refractivity contribution in [1.29, 1.82) is 0 Å². The quantitative estimate of drug-likeness (QED) is 0.377. The Balaban J connectivity index is 1.69. The van der Waals surface area contributed by atoms with E-state index in [4.69, 9.17) is 18.9 Å². The molecule has 146 valence electrons. The van der Waals surface area contributed by atoms with E-state index in [-0.39, 0.29) is 0 Å². The number of benzene rings is 1. The number of anilines is 1. The van der Waals surface area contributed by atoms with Gasteiger partial charge in [-0.05, 0) is 31.9 Å². The first-order chi connectivity index (χ1) is 12.8. The zero-order valence-corrected chi connectivity index (χ0v) is 16.0. The molecule has 26 heavy (non-hydrogen) atoms. The molecule has 1 aliphatic heterocycles. The summed E-state index contributed by atoms with van der Waals surface area (Å²) in [5.74, 6) is 2.69. The summed E-state index contributed by atoms with van der Waals surface area (Å²) in [5.41, 5.74) is 0.885. The second-order valence-electron chi connectivity index (χ2n) is 6.08. The first-order valence-corrected chi connectivity index (χ1v) is 9.20. The topological polar surface area (TPSA) is 73.3 Å². The lowest BCUT2D eigenvalue weighted by atomic mass is 10.1. The van der Waals surface area contributed by atoms with Crippen molar-refractivity contribution in [2.24, 2.45) is 10.9 Å². The van der Waals surface area contributed by atoms with Gasteiger partial charge in [-0.25, -0.2) is 0 Å². The molecule has 1 atom stereocenters. The van der Waals surface area contributed by atoms with E-state index >= 15 is 0 Å². The molecule has 1 aromatic rings. The number of hydrogen-bond acceptors (Lipinski definition) is 5. The third-order valence-electron chi connectivity index (χ3n) is 4.09. The minimum absolute atomic E-state index is 0.562. The lowest BCUT2D eigenvalue weighted by Crippen LogP contribution is -2.32. The van der Waals surface area contributed by atoms with Crippen molar-refractivity contribution >= 4 is 11.6 Å². The maximum absolute atomic E-state index is 5.71. The van der Waals surface area contributed by atoms with Crippen molar-refractivity contribution in [3.8, 4) is 11.5 Å². The van der Waals surface area contributed by atoms with E-state index in [0.717, 1.165) is 57.3 Å². The van der Waals surface area contributed by atoms with E-state index in [2.05, 4.69) is 15.6 Å². The van der Waals surface area contributed by atoms with Crippen LogP contribution in [0.25, 0.3) is 0 Å². The van der Waals surface area contributed by atoms with Gasteiger partial charge in [0.2, 0.25) is 0 Å². The number of aliphatic imine (C=N–C) groups is 1. The monoisotopic (exact) mass is 365 g/mol. The van der Waals surface area contributed by atoms with Gasteiger partial charge in [0.15, 0.2) is 17.5 Å². The molecular formula is C19H31N3O4. The minimum atomic E-state index is 0.562. The van der Waals surface area contributed by atoms with E-state index < -0.39 is 0 Å². The highest BCUT2D eigenvalue weighted by atomic mass is 16.5. The Labute approximate surface area is 156 Å². The molecule has 1 unspecified atom stereocenters. The Bertz CT molecular complexity index is 560. The van der Waals surface area contributed by atoms with Crippen LogP contribution in [-0.4, -0.2) is 59.7 Å². The number of rotatable bonds is 10. The Hall–Kier alpha value is -1.99. The number of nitrogens with one attached hydrogen (secondary N) is 2. The van der Waals surface area contributed by atoms with Gasteiger partial charge in [0, 0.05) is 44.5 Å². The molecule has 1 aromatic carbocycles. The summed E-state index contributed by atoms with van der Waals surface area (Å²) in [7, 11) is 3.38. The first kappa shape index (κ1) is 20.3. The van der Waals surface area contributed by atoms with Crippen LogP contribution in [0.4, 0.5) is 5.69 Å². The molecule has 7 nitrogen and oxygen atoms in total. The Kier molecular flexibility index (Phi) is 9.06. The summed E-state index contributed by atoms with van der Waals surface area (Å²) in [6, 6.07) is 5.72. The van der Waals surface area contributed by atoms with Crippen molar-refractivity contribution in [1.82, 2.24) is 5.32 Å². The molecule has 0 amide bonds. The van der Waals surface area contributed by atoms with Gasteiger partial charge in [-0.15, -0.1) is 0 Å². The molecule has 2 rings (SSSR count). The van der Waals surface area contributed by atoms with Crippen LogP contribution < -0.4 is 20.1 Å². The summed E-state index contributed by atoms with van der Waals surface area (Å²) in [6.45, 7) is 6.56. The van der Waals surface area contributed by atoms with Crippen LogP contribution in [0.15, 0.2) is 23.2 Å². The highest BCUT2D eigenvalue weighted by Gasteiger charge is 2.15. The molecule has 0 spiro atoms. The van der Waals surface area contributed by atoms with Gasteiger partial charge in [-0.3, -0.25) is 4.99 Å². The molecule has 1 saturated heterocycles. The third-order valence-corrected chi connectivity index (χ3v) is 4.09. The number of hydrogen-bond donors (Lipinski definition) is 2. The average Bonchev–Trinajstić information content (AvgIpc) is 3.18. The molecular weight excluding hydrogens is 334 g/mol. The fraction of sp³-hybridized carbons (Fsp3) is 0.632. The Morgan fingerprint density at radius 3 is 2.92 bits per heavy atom. The zero-order valence-electron chi connectivity index (χ0n) is 16.0. The van der Waals surface area contributed by atoms with E-state index in [9.17, 15) is 0 Å². The highest BCUT2D eigenvalue weighted by Crippen LogP contribution is 2.30. The molecule has 0 aromatic heterocycles. The molecule has 0 saturated carbocycles. The molecule has 0 aliphatic carbocycles. The third kappa shape index (κ3) is 6.72. The highest BCUT2D eigenvalue weighted by molar-refractivity contribution is 5.93. The lowest BCUT2D eigenvalue weighted by molar-refractivity contribution is 0.0888. The maximum atomic E-state index is 5.71. The number of guanidine groups is 1. The predicted octanol–water partition coefficient (Wildman–Crippen LogP) is 2.52. The van der Waals surface area contributed by atoms with Crippen molar-refractivity contribution < 1.29 is 18.9 Å². The van der Waals surface area contributed by atoms with Gasteiger partial charge in [-0.2, -0.15) is 0 Å². The van der Waals surface area contributed by atoms with Crippen LogP contribution in [0.3, 0.4) is 0 Å². The van der Waals surface area contributed by atoms with Crippen molar-refractivity contribution in [3.05, 3.63) is 18.2 Å². The summed E-state index contributed by atoms with van der Waals surface area (Å²) in [4.78, 5) is 4.24.